The molecular formula is C16H19NO4. The van der Waals surface area contributed by atoms with Crippen molar-refractivity contribution in [2.24, 2.45) is 0 Å². The average molecular weight is 289 g/mol. The van der Waals surface area contributed by atoms with E-state index in [1.165, 1.54) is 0 Å². The molecule has 2 rings (SSSR count). The summed E-state index contributed by atoms with van der Waals surface area (Å²) in [6, 6.07) is 3.72. The van der Waals surface area contributed by atoms with Gasteiger partial charge in [-0.3, -0.25) is 4.98 Å². The predicted octanol–water partition coefficient (Wildman–Crippen LogP) is 2.21. The molecule has 112 valence electrons. The molecule has 1 aromatic rings. The Morgan fingerprint density at radius 3 is 2.76 bits per heavy atom. The number of carbonyl (C=O) groups excluding carboxylic acids is 2. The molecule has 0 saturated carbocycles. The summed E-state index contributed by atoms with van der Waals surface area (Å²) in [5.41, 5.74) is 0.855. The molecule has 21 heavy (non-hydrogen) atoms. The third kappa shape index (κ3) is 2.96. The summed E-state index contributed by atoms with van der Waals surface area (Å²) in [7, 11) is 0. The molecule has 0 bridgehead atoms. The first kappa shape index (κ1) is 15.2. The maximum atomic E-state index is 12.1. The number of esters is 2. The van der Waals surface area contributed by atoms with Crippen LogP contribution in [0.25, 0.3) is 0 Å². The number of pyridine rings is 1. The fourth-order valence-electron chi connectivity index (χ4n) is 2.38. The molecule has 0 fully saturated rings. The van der Waals surface area contributed by atoms with Gasteiger partial charge in [0.15, 0.2) is 0 Å². The largest absolute Gasteiger partial charge is 0.462 e. The van der Waals surface area contributed by atoms with E-state index in [0.717, 1.165) is 5.56 Å². The van der Waals surface area contributed by atoms with Crippen molar-refractivity contribution in [2.75, 3.05) is 6.61 Å². The molecule has 5 heteroatoms. The van der Waals surface area contributed by atoms with Gasteiger partial charge in [0.25, 0.3) is 0 Å². The van der Waals surface area contributed by atoms with Gasteiger partial charge in [-0.15, -0.1) is 0 Å². The highest BCUT2D eigenvalue weighted by molar-refractivity contribution is 6.16. The highest BCUT2D eigenvalue weighted by atomic mass is 16.6. The number of rotatable bonds is 5. The Labute approximate surface area is 124 Å². The number of aromatic nitrogens is 1. The van der Waals surface area contributed by atoms with E-state index in [-0.39, 0.29) is 12.2 Å². The van der Waals surface area contributed by atoms with Crippen LogP contribution >= 0.6 is 0 Å². The van der Waals surface area contributed by atoms with Crippen LogP contribution < -0.4 is 0 Å². The lowest BCUT2D eigenvalue weighted by Crippen LogP contribution is -2.28. The van der Waals surface area contributed by atoms with Crippen LogP contribution in [-0.4, -0.2) is 29.1 Å². The Morgan fingerprint density at radius 1 is 1.43 bits per heavy atom. The number of hydrogen-bond donors (Lipinski definition) is 0. The number of hydrogen-bond acceptors (Lipinski definition) is 5. The summed E-state index contributed by atoms with van der Waals surface area (Å²) < 4.78 is 10.4. The van der Waals surface area contributed by atoms with Crippen molar-refractivity contribution in [3.05, 3.63) is 41.2 Å². The number of nitrogens with zero attached hydrogens (tertiary/aromatic N) is 1. The van der Waals surface area contributed by atoms with Gasteiger partial charge in [0.05, 0.1) is 6.61 Å². The second kappa shape index (κ2) is 6.08. The van der Waals surface area contributed by atoms with E-state index in [4.69, 9.17) is 9.47 Å². The molecule has 1 aliphatic rings. The van der Waals surface area contributed by atoms with E-state index >= 15 is 0 Å². The van der Waals surface area contributed by atoms with Crippen LogP contribution in [0.4, 0.5) is 0 Å². The first-order valence-electron chi connectivity index (χ1n) is 7.04. The van der Waals surface area contributed by atoms with Gasteiger partial charge in [0, 0.05) is 18.8 Å². The Hall–Kier alpha value is -2.17. The van der Waals surface area contributed by atoms with Crippen LogP contribution in [0, 0.1) is 0 Å². The van der Waals surface area contributed by atoms with Crippen molar-refractivity contribution < 1.29 is 19.1 Å². The summed E-state index contributed by atoms with van der Waals surface area (Å²) in [6.45, 7) is 5.67. The molecule has 1 atom stereocenters. The summed E-state index contributed by atoms with van der Waals surface area (Å²) in [5, 5.41) is 0. The second-order valence-electron chi connectivity index (χ2n) is 5.09. The highest BCUT2D eigenvalue weighted by Gasteiger charge is 2.45. The first-order chi connectivity index (χ1) is 10.0. The Balaban J connectivity index is 2.44. The molecule has 0 saturated heterocycles. The van der Waals surface area contributed by atoms with E-state index in [1.54, 1.807) is 19.3 Å². The van der Waals surface area contributed by atoms with Crippen LogP contribution in [0.3, 0.4) is 0 Å². The lowest BCUT2D eigenvalue weighted by molar-refractivity contribution is -0.149. The molecule has 0 aromatic carbocycles. The van der Waals surface area contributed by atoms with E-state index in [9.17, 15) is 9.59 Å². The molecule has 1 aromatic heterocycles. The number of ether oxygens (including phenoxy) is 2. The van der Waals surface area contributed by atoms with Crippen LogP contribution in [0.5, 0.6) is 0 Å². The molecule has 0 amide bonds. The van der Waals surface area contributed by atoms with Crippen molar-refractivity contribution in [2.45, 2.75) is 39.2 Å². The van der Waals surface area contributed by atoms with E-state index in [0.29, 0.717) is 18.4 Å². The van der Waals surface area contributed by atoms with Crippen molar-refractivity contribution in [1.29, 1.82) is 0 Å². The summed E-state index contributed by atoms with van der Waals surface area (Å²) in [5.74, 6) is -1.21. The minimum Gasteiger partial charge on any atom is -0.462 e. The van der Waals surface area contributed by atoms with Gasteiger partial charge in [-0.1, -0.05) is 13.0 Å². The second-order valence-corrected chi connectivity index (χ2v) is 5.09. The van der Waals surface area contributed by atoms with Gasteiger partial charge in [-0.2, -0.15) is 0 Å². The van der Waals surface area contributed by atoms with Crippen LogP contribution in [0.1, 0.15) is 32.8 Å². The minimum absolute atomic E-state index is 0.0325. The van der Waals surface area contributed by atoms with Gasteiger partial charge >= 0.3 is 11.9 Å². The summed E-state index contributed by atoms with van der Waals surface area (Å²) in [4.78, 5) is 28.2. The fourth-order valence-corrected chi connectivity index (χ4v) is 2.38. The predicted molar refractivity (Wildman–Crippen MR) is 76.4 cm³/mol. The van der Waals surface area contributed by atoms with E-state index in [1.807, 2.05) is 26.0 Å². The standard InChI is InChI=1S/C16H19NO4/c1-4-16(3)12(9-11-7-6-8-17-10-11)13(15(19)21-16)14(18)20-5-2/h6-8,10H,4-5,9H2,1-3H3. The monoisotopic (exact) mass is 289 g/mol. The van der Waals surface area contributed by atoms with Gasteiger partial charge in [-0.05, 0) is 37.5 Å². The maximum Gasteiger partial charge on any atom is 0.346 e. The first-order valence-corrected chi connectivity index (χ1v) is 7.04. The highest BCUT2D eigenvalue weighted by Crippen LogP contribution is 2.37. The zero-order valence-corrected chi connectivity index (χ0v) is 12.5. The van der Waals surface area contributed by atoms with Crippen LogP contribution in [-0.2, 0) is 25.5 Å². The smallest absolute Gasteiger partial charge is 0.346 e. The van der Waals surface area contributed by atoms with Crippen molar-refractivity contribution in [3.8, 4) is 0 Å². The molecule has 1 aliphatic heterocycles. The minimum atomic E-state index is -0.769. The molecule has 5 nitrogen and oxygen atoms in total. The molecule has 1 unspecified atom stereocenters. The molecule has 0 spiro atoms. The van der Waals surface area contributed by atoms with Crippen molar-refractivity contribution in [1.82, 2.24) is 4.98 Å². The maximum absolute atomic E-state index is 12.1. The molecule has 2 heterocycles. The topological polar surface area (TPSA) is 65.5 Å². The normalized spacial score (nSPS) is 21.4. The molecule has 0 N–H and O–H groups in total. The van der Waals surface area contributed by atoms with Crippen molar-refractivity contribution >= 4 is 11.9 Å². The van der Waals surface area contributed by atoms with Gasteiger partial charge in [0.1, 0.15) is 11.2 Å². The molecule has 0 radical (unpaired) electrons. The quantitative estimate of drug-likeness (QED) is 0.614. The van der Waals surface area contributed by atoms with Gasteiger partial charge in [-0.25, -0.2) is 9.59 Å². The fraction of sp³-hybridized carbons (Fsp3) is 0.438. The zero-order valence-electron chi connectivity index (χ0n) is 12.5. The number of carbonyl (C=O) groups is 2. The summed E-state index contributed by atoms with van der Waals surface area (Å²) in [6.07, 6.45) is 4.43. The molecule has 0 aliphatic carbocycles. The van der Waals surface area contributed by atoms with Crippen LogP contribution in [0.2, 0.25) is 0 Å². The van der Waals surface area contributed by atoms with Crippen LogP contribution in [0.15, 0.2) is 35.7 Å². The Kier molecular flexibility index (Phi) is 4.40. The van der Waals surface area contributed by atoms with Gasteiger partial charge < -0.3 is 9.47 Å². The molecular weight excluding hydrogens is 270 g/mol. The Morgan fingerprint density at radius 2 is 2.19 bits per heavy atom. The average Bonchev–Trinajstić information content (AvgIpc) is 2.72. The third-order valence-corrected chi connectivity index (χ3v) is 3.72. The zero-order chi connectivity index (χ0) is 15.5. The number of cyclic esters (lactones) is 1. The third-order valence-electron chi connectivity index (χ3n) is 3.72. The van der Waals surface area contributed by atoms with E-state index in [2.05, 4.69) is 4.98 Å². The summed E-state index contributed by atoms with van der Waals surface area (Å²) >= 11 is 0. The Bertz CT molecular complexity index is 579. The SMILES string of the molecule is CCOC(=O)C1=C(Cc2cccnc2)C(C)(CC)OC1=O. The van der Waals surface area contributed by atoms with Crippen molar-refractivity contribution in [3.63, 3.8) is 0 Å². The lowest BCUT2D eigenvalue weighted by Gasteiger charge is -2.25. The van der Waals surface area contributed by atoms with Gasteiger partial charge in [0.2, 0.25) is 0 Å². The van der Waals surface area contributed by atoms with E-state index < -0.39 is 17.5 Å². The lowest BCUT2D eigenvalue weighted by atomic mass is 9.87.